The highest BCUT2D eigenvalue weighted by Gasteiger charge is 2.04. The summed E-state index contributed by atoms with van der Waals surface area (Å²) >= 11 is 3.44. The lowest BCUT2D eigenvalue weighted by atomic mass is 10.1. The standard InChI is InChI=1S/C12H17BrN2O/c1-9(16)15-12-6-5-11(13)8-10(12)4-3-7-14-2/h5-6,8,14H,3-4,7H2,1-2H3,(H,15,16). The van der Waals surface area contributed by atoms with Crippen LogP contribution in [0.15, 0.2) is 22.7 Å². The summed E-state index contributed by atoms with van der Waals surface area (Å²) in [6.07, 6.45) is 2.01. The fourth-order valence-electron chi connectivity index (χ4n) is 1.54. The Hall–Kier alpha value is -0.870. The highest BCUT2D eigenvalue weighted by molar-refractivity contribution is 9.10. The summed E-state index contributed by atoms with van der Waals surface area (Å²) in [7, 11) is 1.94. The lowest BCUT2D eigenvalue weighted by Crippen LogP contribution is -2.11. The van der Waals surface area contributed by atoms with Crippen molar-refractivity contribution in [3.63, 3.8) is 0 Å². The molecule has 2 N–H and O–H groups in total. The van der Waals surface area contributed by atoms with E-state index in [1.165, 1.54) is 12.5 Å². The Morgan fingerprint density at radius 2 is 2.19 bits per heavy atom. The van der Waals surface area contributed by atoms with Gasteiger partial charge in [-0.15, -0.1) is 0 Å². The average Bonchev–Trinajstić information content (AvgIpc) is 2.22. The predicted molar refractivity (Wildman–Crippen MR) is 70.7 cm³/mol. The minimum absolute atomic E-state index is 0.0304. The largest absolute Gasteiger partial charge is 0.326 e. The molecule has 1 rings (SSSR count). The van der Waals surface area contributed by atoms with Crippen LogP contribution in [0.5, 0.6) is 0 Å². The normalized spacial score (nSPS) is 10.2. The molecule has 0 aromatic heterocycles. The molecule has 0 aliphatic rings. The summed E-state index contributed by atoms with van der Waals surface area (Å²) < 4.78 is 1.04. The molecule has 3 nitrogen and oxygen atoms in total. The van der Waals surface area contributed by atoms with Gasteiger partial charge in [-0.25, -0.2) is 0 Å². The van der Waals surface area contributed by atoms with Crippen LogP contribution in [-0.4, -0.2) is 19.5 Å². The molecule has 1 amide bonds. The quantitative estimate of drug-likeness (QED) is 0.816. The maximum atomic E-state index is 11.0. The molecule has 1 aromatic carbocycles. The summed E-state index contributed by atoms with van der Waals surface area (Å²) in [6, 6.07) is 5.92. The van der Waals surface area contributed by atoms with E-state index in [1.807, 2.05) is 19.2 Å². The topological polar surface area (TPSA) is 41.1 Å². The third-order valence-electron chi connectivity index (χ3n) is 2.25. The molecule has 0 aliphatic carbocycles. The van der Waals surface area contributed by atoms with Crippen molar-refractivity contribution >= 4 is 27.5 Å². The van der Waals surface area contributed by atoms with Crippen molar-refractivity contribution in [1.82, 2.24) is 5.32 Å². The Bertz CT molecular complexity index is 366. The van der Waals surface area contributed by atoms with Gasteiger partial charge < -0.3 is 10.6 Å². The lowest BCUT2D eigenvalue weighted by molar-refractivity contribution is -0.114. The summed E-state index contributed by atoms with van der Waals surface area (Å²) in [5.41, 5.74) is 2.08. The average molecular weight is 285 g/mol. The molecule has 0 saturated carbocycles. The Morgan fingerprint density at radius 3 is 2.81 bits per heavy atom. The first-order chi connectivity index (χ1) is 7.63. The molecular weight excluding hydrogens is 268 g/mol. The van der Waals surface area contributed by atoms with Gasteiger partial charge in [0.15, 0.2) is 0 Å². The SMILES string of the molecule is CNCCCc1cc(Br)ccc1NC(C)=O. The maximum absolute atomic E-state index is 11.0. The number of aryl methyl sites for hydroxylation is 1. The summed E-state index contributed by atoms with van der Waals surface area (Å²) in [5.74, 6) is -0.0304. The van der Waals surface area contributed by atoms with E-state index >= 15 is 0 Å². The van der Waals surface area contributed by atoms with Crippen molar-refractivity contribution in [2.24, 2.45) is 0 Å². The molecule has 16 heavy (non-hydrogen) atoms. The van der Waals surface area contributed by atoms with Crippen LogP contribution in [0.4, 0.5) is 5.69 Å². The molecule has 88 valence electrons. The zero-order chi connectivity index (χ0) is 12.0. The molecular formula is C12H17BrN2O. The molecule has 0 fully saturated rings. The molecule has 0 unspecified atom stereocenters. The van der Waals surface area contributed by atoms with Crippen LogP contribution < -0.4 is 10.6 Å². The number of nitrogens with one attached hydrogen (secondary N) is 2. The fourth-order valence-corrected chi connectivity index (χ4v) is 1.94. The number of halogens is 1. The van der Waals surface area contributed by atoms with E-state index in [1.54, 1.807) is 0 Å². The van der Waals surface area contributed by atoms with Crippen molar-refractivity contribution < 1.29 is 4.79 Å². The van der Waals surface area contributed by atoms with Crippen molar-refractivity contribution in [1.29, 1.82) is 0 Å². The highest BCUT2D eigenvalue weighted by Crippen LogP contribution is 2.22. The van der Waals surface area contributed by atoms with E-state index in [9.17, 15) is 4.79 Å². The van der Waals surface area contributed by atoms with E-state index in [4.69, 9.17) is 0 Å². The van der Waals surface area contributed by atoms with Crippen LogP contribution in [0.3, 0.4) is 0 Å². The maximum Gasteiger partial charge on any atom is 0.221 e. The van der Waals surface area contributed by atoms with Gasteiger partial charge in [-0.05, 0) is 50.2 Å². The van der Waals surface area contributed by atoms with Gasteiger partial charge in [-0.3, -0.25) is 4.79 Å². The minimum atomic E-state index is -0.0304. The number of anilines is 1. The second kappa shape index (κ2) is 6.66. The summed E-state index contributed by atoms with van der Waals surface area (Å²) in [4.78, 5) is 11.0. The van der Waals surface area contributed by atoms with Gasteiger partial charge in [0.1, 0.15) is 0 Å². The van der Waals surface area contributed by atoms with Crippen molar-refractivity contribution in [2.45, 2.75) is 19.8 Å². The molecule has 0 spiro atoms. The van der Waals surface area contributed by atoms with E-state index in [0.717, 1.165) is 29.5 Å². The molecule has 1 aromatic rings. The number of carbonyl (C=O) groups excluding carboxylic acids is 1. The fraction of sp³-hybridized carbons (Fsp3) is 0.417. The number of benzene rings is 1. The first-order valence-electron chi connectivity index (χ1n) is 5.34. The second-order valence-electron chi connectivity index (χ2n) is 3.69. The molecule has 0 aliphatic heterocycles. The highest BCUT2D eigenvalue weighted by atomic mass is 79.9. The summed E-state index contributed by atoms with van der Waals surface area (Å²) in [5, 5.41) is 5.96. The molecule has 0 saturated heterocycles. The molecule has 0 bridgehead atoms. The van der Waals surface area contributed by atoms with Crippen LogP contribution >= 0.6 is 15.9 Å². The van der Waals surface area contributed by atoms with Crippen LogP contribution in [0.25, 0.3) is 0 Å². The van der Waals surface area contributed by atoms with Crippen LogP contribution in [-0.2, 0) is 11.2 Å². The van der Waals surface area contributed by atoms with Gasteiger partial charge in [0.25, 0.3) is 0 Å². The monoisotopic (exact) mass is 284 g/mol. The van der Waals surface area contributed by atoms with Crippen molar-refractivity contribution in [3.8, 4) is 0 Å². The number of rotatable bonds is 5. The van der Waals surface area contributed by atoms with Crippen LogP contribution in [0, 0.1) is 0 Å². The molecule has 4 heteroatoms. The van der Waals surface area contributed by atoms with E-state index in [-0.39, 0.29) is 5.91 Å². The Kier molecular flexibility index (Phi) is 5.49. The van der Waals surface area contributed by atoms with Gasteiger partial charge in [0, 0.05) is 17.1 Å². The van der Waals surface area contributed by atoms with Crippen molar-refractivity contribution in [3.05, 3.63) is 28.2 Å². The zero-order valence-electron chi connectivity index (χ0n) is 9.64. The first-order valence-corrected chi connectivity index (χ1v) is 6.13. The van der Waals surface area contributed by atoms with E-state index in [0.29, 0.717) is 0 Å². The number of amides is 1. The minimum Gasteiger partial charge on any atom is -0.326 e. The first kappa shape index (κ1) is 13.2. The third kappa shape index (κ3) is 4.33. The van der Waals surface area contributed by atoms with Gasteiger partial charge in [0.05, 0.1) is 0 Å². The van der Waals surface area contributed by atoms with Gasteiger partial charge in [-0.1, -0.05) is 15.9 Å². The van der Waals surface area contributed by atoms with E-state index in [2.05, 4.69) is 32.6 Å². The van der Waals surface area contributed by atoms with Gasteiger partial charge in [0.2, 0.25) is 5.91 Å². The Morgan fingerprint density at radius 1 is 1.44 bits per heavy atom. The van der Waals surface area contributed by atoms with Gasteiger partial charge >= 0.3 is 0 Å². The van der Waals surface area contributed by atoms with E-state index < -0.39 is 0 Å². The second-order valence-corrected chi connectivity index (χ2v) is 4.61. The third-order valence-corrected chi connectivity index (χ3v) is 2.74. The predicted octanol–water partition coefficient (Wildman–Crippen LogP) is 2.56. The van der Waals surface area contributed by atoms with Gasteiger partial charge in [-0.2, -0.15) is 0 Å². The summed E-state index contributed by atoms with van der Waals surface area (Å²) in [6.45, 7) is 2.51. The molecule has 0 radical (unpaired) electrons. The zero-order valence-corrected chi connectivity index (χ0v) is 11.2. The Labute approximate surface area is 105 Å². The number of carbonyl (C=O) groups is 1. The number of hydrogen-bond acceptors (Lipinski definition) is 2. The van der Waals surface area contributed by atoms with Crippen molar-refractivity contribution in [2.75, 3.05) is 18.9 Å². The van der Waals surface area contributed by atoms with Crippen LogP contribution in [0.1, 0.15) is 18.9 Å². The lowest BCUT2D eigenvalue weighted by Gasteiger charge is -2.10. The Balaban J connectivity index is 2.76. The number of hydrogen-bond donors (Lipinski definition) is 2. The smallest absolute Gasteiger partial charge is 0.221 e. The molecule has 0 heterocycles. The van der Waals surface area contributed by atoms with Crippen LogP contribution in [0.2, 0.25) is 0 Å². The molecule has 0 atom stereocenters.